The largest absolute Gasteiger partial charge is 0.465 e. The first-order valence-corrected chi connectivity index (χ1v) is 11.9. The fraction of sp³-hybridized carbons (Fsp3) is 0.269. The lowest BCUT2D eigenvalue weighted by atomic mass is 10.1. The van der Waals surface area contributed by atoms with Gasteiger partial charge in [0.05, 0.1) is 12.1 Å². The number of anilines is 1. The highest BCUT2D eigenvalue weighted by Gasteiger charge is 2.28. The van der Waals surface area contributed by atoms with Crippen LogP contribution in [0.1, 0.15) is 18.4 Å². The zero-order valence-corrected chi connectivity index (χ0v) is 19.9. The summed E-state index contributed by atoms with van der Waals surface area (Å²) in [6.07, 6.45) is 0. The number of hydrogen-bond donors (Lipinski definition) is 0. The van der Waals surface area contributed by atoms with Crippen LogP contribution in [0.4, 0.5) is 5.95 Å². The van der Waals surface area contributed by atoms with Crippen LogP contribution in [0.15, 0.2) is 65.1 Å². The second kappa shape index (κ2) is 8.42. The van der Waals surface area contributed by atoms with Crippen molar-refractivity contribution in [2.45, 2.75) is 26.4 Å². The topological polar surface area (TPSA) is 62.7 Å². The fourth-order valence-electron chi connectivity index (χ4n) is 4.75. The van der Waals surface area contributed by atoms with E-state index < -0.39 is 0 Å². The molecule has 0 saturated carbocycles. The Morgan fingerprint density at radius 2 is 1.82 bits per heavy atom. The summed E-state index contributed by atoms with van der Waals surface area (Å²) >= 11 is 6.14. The predicted octanol–water partition coefficient (Wildman–Crippen LogP) is 5.21. The molecule has 3 aromatic heterocycles. The van der Waals surface area contributed by atoms with Gasteiger partial charge in [0, 0.05) is 41.6 Å². The van der Waals surface area contributed by atoms with Gasteiger partial charge in [0.1, 0.15) is 11.5 Å². The smallest absolute Gasteiger partial charge is 0.213 e. The lowest BCUT2D eigenvalue weighted by Gasteiger charge is -2.40. The molecule has 1 fully saturated rings. The standard InChI is InChI=1S/C26H25ClN6O/c1-17-15-32(14-13-31(17)16-21-12-7-18(2)34-21)26-28-23-6-4-3-5-22(23)25-30-29-24(33(25)26)19-8-10-20(27)11-9-19/h3-12,17H,13-16H2,1-2H3. The summed E-state index contributed by atoms with van der Waals surface area (Å²) < 4.78 is 7.90. The van der Waals surface area contributed by atoms with E-state index in [9.17, 15) is 0 Å². The Balaban J connectivity index is 1.40. The highest BCUT2D eigenvalue weighted by Crippen LogP contribution is 2.30. The van der Waals surface area contributed by atoms with Gasteiger partial charge in [0.2, 0.25) is 5.95 Å². The third-order valence-electron chi connectivity index (χ3n) is 6.53. The van der Waals surface area contributed by atoms with E-state index in [0.29, 0.717) is 11.1 Å². The molecule has 4 heterocycles. The van der Waals surface area contributed by atoms with Crippen LogP contribution in [-0.4, -0.2) is 50.2 Å². The molecule has 6 rings (SSSR count). The van der Waals surface area contributed by atoms with Gasteiger partial charge in [-0.3, -0.25) is 4.90 Å². The van der Waals surface area contributed by atoms with E-state index in [4.69, 9.17) is 21.0 Å². The highest BCUT2D eigenvalue weighted by atomic mass is 35.5. The molecule has 0 spiro atoms. The number of benzene rings is 2. The van der Waals surface area contributed by atoms with E-state index in [1.54, 1.807) is 0 Å². The number of aryl methyl sites for hydroxylation is 1. The number of fused-ring (bicyclic) bond motifs is 3. The number of rotatable bonds is 4. The quantitative estimate of drug-likeness (QED) is 0.358. The molecule has 1 aliphatic rings. The van der Waals surface area contributed by atoms with Gasteiger partial charge < -0.3 is 9.32 Å². The van der Waals surface area contributed by atoms with E-state index in [0.717, 1.165) is 71.6 Å². The Labute approximate surface area is 202 Å². The van der Waals surface area contributed by atoms with Gasteiger partial charge in [0.15, 0.2) is 11.5 Å². The Hall–Kier alpha value is -3.42. The van der Waals surface area contributed by atoms with Crippen LogP contribution < -0.4 is 4.90 Å². The lowest BCUT2D eigenvalue weighted by molar-refractivity contribution is 0.166. The Morgan fingerprint density at radius 1 is 1.00 bits per heavy atom. The summed E-state index contributed by atoms with van der Waals surface area (Å²) in [6, 6.07) is 20.2. The number of furan rings is 1. The third kappa shape index (κ3) is 3.71. The normalized spacial score (nSPS) is 17.1. The maximum absolute atomic E-state index is 6.14. The van der Waals surface area contributed by atoms with E-state index in [-0.39, 0.29) is 0 Å². The maximum atomic E-state index is 6.14. The number of piperazine rings is 1. The minimum absolute atomic E-state index is 0.331. The summed E-state index contributed by atoms with van der Waals surface area (Å²) in [6.45, 7) is 7.66. The van der Waals surface area contributed by atoms with Crippen molar-refractivity contribution in [1.29, 1.82) is 0 Å². The van der Waals surface area contributed by atoms with Crippen LogP contribution in [0.5, 0.6) is 0 Å². The van der Waals surface area contributed by atoms with Crippen LogP contribution in [0, 0.1) is 6.92 Å². The van der Waals surface area contributed by atoms with Crippen molar-refractivity contribution in [3.05, 3.63) is 77.2 Å². The SMILES string of the molecule is Cc1ccc(CN2CCN(c3nc4ccccc4c4nnc(-c5ccc(Cl)cc5)n34)CC2C)o1. The number of hydrogen-bond acceptors (Lipinski definition) is 6. The number of aromatic nitrogens is 4. The molecular formula is C26H25ClN6O. The Kier molecular flexibility index (Phi) is 5.23. The predicted molar refractivity (Wildman–Crippen MR) is 134 cm³/mol. The monoisotopic (exact) mass is 472 g/mol. The van der Waals surface area contributed by atoms with Crippen LogP contribution in [0.25, 0.3) is 27.9 Å². The molecule has 34 heavy (non-hydrogen) atoms. The van der Waals surface area contributed by atoms with E-state index >= 15 is 0 Å². The van der Waals surface area contributed by atoms with Gasteiger partial charge in [-0.1, -0.05) is 23.7 Å². The molecule has 172 valence electrons. The highest BCUT2D eigenvalue weighted by molar-refractivity contribution is 6.30. The van der Waals surface area contributed by atoms with Crippen LogP contribution >= 0.6 is 11.6 Å². The number of para-hydroxylation sites is 1. The molecule has 1 atom stereocenters. The second-order valence-electron chi connectivity index (χ2n) is 8.90. The molecule has 0 bridgehead atoms. The summed E-state index contributed by atoms with van der Waals surface area (Å²) in [7, 11) is 0. The summed E-state index contributed by atoms with van der Waals surface area (Å²) in [5, 5.41) is 10.8. The first kappa shape index (κ1) is 21.1. The van der Waals surface area contributed by atoms with Crippen LogP contribution in [-0.2, 0) is 6.54 Å². The molecule has 1 aliphatic heterocycles. The average Bonchev–Trinajstić information content (AvgIpc) is 3.47. The third-order valence-corrected chi connectivity index (χ3v) is 6.79. The average molecular weight is 473 g/mol. The van der Waals surface area contributed by atoms with Crippen molar-refractivity contribution < 1.29 is 4.42 Å². The zero-order valence-electron chi connectivity index (χ0n) is 19.1. The van der Waals surface area contributed by atoms with Gasteiger partial charge in [0.25, 0.3) is 0 Å². The van der Waals surface area contributed by atoms with Gasteiger partial charge in [-0.2, -0.15) is 0 Å². The van der Waals surface area contributed by atoms with Gasteiger partial charge in [-0.25, -0.2) is 9.38 Å². The number of nitrogens with zero attached hydrogens (tertiary/aromatic N) is 6. The van der Waals surface area contributed by atoms with Crippen molar-refractivity contribution in [2.24, 2.45) is 0 Å². The molecule has 8 heteroatoms. The van der Waals surface area contributed by atoms with Crippen molar-refractivity contribution >= 4 is 34.1 Å². The van der Waals surface area contributed by atoms with Crippen molar-refractivity contribution in [2.75, 3.05) is 24.5 Å². The molecule has 0 N–H and O–H groups in total. The molecule has 7 nitrogen and oxygen atoms in total. The molecule has 1 unspecified atom stereocenters. The van der Waals surface area contributed by atoms with Crippen LogP contribution in [0.3, 0.4) is 0 Å². The van der Waals surface area contributed by atoms with Crippen LogP contribution in [0.2, 0.25) is 5.02 Å². The van der Waals surface area contributed by atoms with E-state index in [1.807, 2.05) is 61.5 Å². The lowest BCUT2D eigenvalue weighted by Crippen LogP contribution is -2.52. The number of halogens is 1. The summed E-state index contributed by atoms with van der Waals surface area (Å²) in [4.78, 5) is 9.90. The van der Waals surface area contributed by atoms with E-state index in [2.05, 4.69) is 37.4 Å². The maximum Gasteiger partial charge on any atom is 0.213 e. The Bertz CT molecular complexity index is 1470. The molecule has 0 radical (unpaired) electrons. The minimum atomic E-state index is 0.331. The summed E-state index contributed by atoms with van der Waals surface area (Å²) in [5.41, 5.74) is 2.68. The van der Waals surface area contributed by atoms with Crippen molar-refractivity contribution in [1.82, 2.24) is 24.5 Å². The van der Waals surface area contributed by atoms with Gasteiger partial charge in [-0.05, 0) is 62.4 Å². The summed E-state index contributed by atoms with van der Waals surface area (Å²) in [5.74, 6) is 3.59. The van der Waals surface area contributed by atoms with Gasteiger partial charge >= 0.3 is 0 Å². The first-order chi connectivity index (χ1) is 16.6. The van der Waals surface area contributed by atoms with Crippen molar-refractivity contribution in [3.63, 3.8) is 0 Å². The molecule has 0 amide bonds. The zero-order chi connectivity index (χ0) is 23.2. The second-order valence-corrected chi connectivity index (χ2v) is 9.33. The minimum Gasteiger partial charge on any atom is -0.465 e. The first-order valence-electron chi connectivity index (χ1n) is 11.5. The van der Waals surface area contributed by atoms with Gasteiger partial charge in [-0.15, -0.1) is 10.2 Å². The molecule has 0 aliphatic carbocycles. The fourth-order valence-corrected chi connectivity index (χ4v) is 4.87. The van der Waals surface area contributed by atoms with Crippen molar-refractivity contribution in [3.8, 4) is 11.4 Å². The Morgan fingerprint density at radius 3 is 2.59 bits per heavy atom. The molecule has 2 aromatic carbocycles. The molecular weight excluding hydrogens is 448 g/mol. The molecule has 5 aromatic rings. The molecule has 1 saturated heterocycles. The van der Waals surface area contributed by atoms with E-state index in [1.165, 1.54) is 0 Å².